The Bertz CT molecular complexity index is 1370. The molecule has 214 valence electrons. The quantitative estimate of drug-likeness (QED) is 0.166. The number of carbonyl (C=O) groups excluding carboxylic acids is 1. The molecule has 3 heterocycles. The van der Waals surface area contributed by atoms with Crippen molar-refractivity contribution in [2.75, 3.05) is 38.2 Å². The Morgan fingerprint density at radius 1 is 1.02 bits per heavy atom. The summed E-state index contributed by atoms with van der Waals surface area (Å²) in [6.45, 7) is 3.44. The number of hydrogen-bond donors (Lipinski definition) is 2. The summed E-state index contributed by atoms with van der Waals surface area (Å²) in [5, 5.41) is 7.25. The van der Waals surface area contributed by atoms with Crippen LogP contribution in [0.4, 0.5) is 11.5 Å². The minimum absolute atomic E-state index is 0. The van der Waals surface area contributed by atoms with Gasteiger partial charge in [-0.15, -0.1) is 24.8 Å². The lowest BCUT2D eigenvalue weighted by Crippen LogP contribution is -2.34. The van der Waals surface area contributed by atoms with Crippen LogP contribution in [0.25, 0.3) is 11.0 Å². The average molecular weight is 609 g/mol. The van der Waals surface area contributed by atoms with Gasteiger partial charge in [0.1, 0.15) is 30.3 Å². The molecule has 0 radical (unpaired) electrons. The van der Waals surface area contributed by atoms with Crippen molar-refractivity contribution in [2.24, 2.45) is 0 Å². The summed E-state index contributed by atoms with van der Waals surface area (Å²) in [7, 11) is 0. The highest BCUT2D eigenvalue weighted by molar-refractivity contribution is 6.32. The largest absolute Gasteiger partial charge is 0.489 e. The number of nitrogens with one attached hydrogen (secondary N) is 2. The Morgan fingerprint density at radius 2 is 1.82 bits per heavy atom. The van der Waals surface area contributed by atoms with Gasteiger partial charge in [0.2, 0.25) is 0 Å². The van der Waals surface area contributed by atoms with Gasteiger partial charge >= 0.3 is 5.97 Å². The van der Waals surface area contributed by atoms with Crippen LogP contribution in [0.3, 0.4) is 0 Å². The van der Waals surface area contributed by atoms with Crippen LogP contribution in [0.15, 0.2) is 67.1 Å². The van der Waals surface area contributed by atoms with Gasteiger partial charge in [0.05, 0.1) is 29.3 Å². The molecule has 0 aliphatic carbocycles. The third-order valence-corrected chi connectivity index (χ3v) is 6.57. The van der Waals surface area contributed by atoms with Crippen LogP contribution in [-0.2, 0) is 16.0 Å². The number of piperidine rings is 1. The van der Waals surface area contributed by atoms with Crippen molar-refractivity contribution in [1.29, 1.82) is 0 Å². The van der Waals surface area contributed by atoms with Gasteiger partial charge in [-0.3, -0.25) is 0 Å². The Hall–Kier alpha value is -3.08. The van der Waals surface area contributed by atoms with E-state index in [-0.39, 0.29) is 43.5 Å². The molecular weight excluding hydrogens is 577 g/mol. The molecule has 0 atom stereocenters. The van der Waals surface area contributed by atoms with Crippen LogP contribution in [0.1, 0.15) is 23.2 Å². The van der Waals surface area contributed by atoms with Crippen LogP contribution < -0.4 is 15.4 Å². The van der Waals surface area contributed by atoms with E-state index in [1.807, 2.05) is 41.1 Å². The number of hydrogen-bond acceptors (Lipinski definition) is 8. The van der Waals surface area contributed by atoms with Gasteiger partial charge in [0.25, 0.3) is 0 Å². The molecule has 0 spiro atoms. The summed E-state index contributed by atoms with van der Waals surface area (Å²) < 4.78 is 19.1. The van der Waals surface area contributed by atoms with Crippen LogP contribution >= 0.6 is 36.4 Å². The van der Waals surface area contributed by atoms with Gasteiger partial charge < -0.3 is 29.4 Å². The van der Waals surface area contributed by atoms with Crippen molar-refractivity contribution >= 4 is 64.9 Å². The maximum absolute atomic E-state index is 12.0. The number of rotatable bonds is 11. The maximum Gasteiger partial charge on any atom is 0.338 e. The SMILES string of the molecule is Cl.Cl.O=C(OCCOCCn1ccc2ncnc(Nc3ccc(OC4CCNCC4)c(Cl)c3)c21)c1ccccc1. The molecule has 12 heteroatoms. The van der Waals surface area contributed by atoms with Gasteiger partial charge in [-0.1, -0.05) is 29.8 Å². The van der Waals surface area contributed by atoms with Crippen LogP contribution in [-0.4, -0.2) is 59.5 Å². The summed E-state index contributed by atoms with van der Waals surface area (Å²) >= 11 is 6.54. The van der Waals surface area contributed by atoms with E-state index in [9.17, 15) is 4.79 Å². The fourth-order valence-electron chi connectivity index (χ4n) is 4.33. The van der Waals surface area contributed by atoms with Crippen molar-refractivity contribution in [2.45, 2.75) is 25.5 Å². The van der Waals surface area contributed by atoms with E-state index < -0.39 is 0 Å². The molecule has 5 rings (SSSR count). The van der Waals surface area contributed by atoms with Gasteiger partial charge in [-0.05, 0) is 62.3 Å². The van der Waals surface area contributed by atoms with E-state index in [4.69, 9.17) is 25.8 Å². The van der Waals surface area contributed by atoms with E-state index in [2.05, 4.69) is 20.6 Å². The number of fused-ring (bicyclic) bond motifs is 1. The number of ether oxygens (including phenoxy) is 3. The van der Waals surface area contributed by atoms with E-state index in [1.165, 1.54) is 6.33 Å². The van der Waals surface area contributed by atoms with E-state index in [0.717, 1.165) is 42.7 Å². The maximum atomic E-state index is 12.0. The number of nitrogens with zero attached hydrogens (tertiary/aromatic N) is 3. The highest BCUT2D eigenvalue weighted by Crippen LogP contribution is 2.32. The average Bonchev–Trinajstić information content (AvgIpc) is 3.37. The smallest absolute Gasteiger partial charge is 0.338 e. The highest BCUT2D eigenvalue weighted by atomic mass is 35.5. The Labute approximate surface area is 250 Å². The van der Waals surface area contributed by atoms with Crippen molar-refractivity contribution < 1.29 is 19.0 Å². The monoisotopic (exact) mass is 607 g/mol. The molecule has 0 unspecified atom stereocenters. The molecular formula is C28H32Cl3N5O4. The summed E-state index contributed by atoms with van der Waals surface area (Å²) in [4.78, 5) is 20.9. The predicted molar refractivity (Wildman–Crippen MR) is 161 cm³/mol. The van der Waals surface area contributed by atoms with Gasteiger partial charge in [-0.25, -0.2) is 14.8 Å². The molecule has 1 saturated heterocycles. The second-order valence-corrected chi connectivity index (χ2v) is 9.32. The molecule has 2 N–H and O–H groups in total. The number of esters is 1. The van der Waals surface area contributed by atoms with E-state index >= 15 is 0 Å². The lowest BCUT2D eigenvalue weighted by molar-refractivity contribution is 0.0308. The van der Waals surface area contributed by atoms with Crippen molar-refractivity contribution in [1.82, 2.24) is 19.9 Å². The number of halogens is 3. The molecule has 9 nitrogen and oxygen atoms in total. The summed E-state index contributed by atoms with van der Waals surface area (Å²) in [5.74, 6) is 0.997. The summed E-state index contributed by atoms with van der Waals surface area (Å²) in [6.07, 6.45) is 5.59. The molecule has 0 bridgehead atoms. The first kappa shape index (κ1) is 31.4. The lowest BCUT2D eigenvalue weighted by atomic mass is 10.1. The molecule has 0 saturated carbocycles. The Morgan fingerprint density at radius 3 is 2.60 bits per heavy atom. The van der Waals surface area contributed by atoms with Crippen molar-refractivity contribution in [3.8, 4) is 5.75 Å². The third kappa shape index (κ3) is 8.22. The normalized spacial score (nSPS) is 13.2. The molecule has 40 heavy (non-hydrogen) atoms. The minimum Gasteiger partial charge on any atom is -0.489 e. The zero-order valence-corrected chi connectivity index (χ0v) is 24.1. The molecule has 1 aliphatic heterocycles. The molecule has 1 fully saturated rings. The number of carbonyl (C=O) groups is 1. The van der Waals surface area contributed by atoms with E-state index in [0.29, 0.717) is 41.9 Å². The van der Waals surface area contributed by atoms with Gasteiger partial charge in [0.15, 0.2) is 5.82 Å². The first-order valence-electron chi connectivity index (χ1n) is 12.7. The second-order valence-electron chi connectivity index (χ2n) is 8.92. The van der Waals surface area contributed by atoms with Crippen LogP contribution in [0.2, 0.25) is 5.02 Å². The minimum atomic E-state index is -0.357. The van der Waals surface area contributed by atoms with Crippen molar-refractivity contribution in [3.05, 3.63) is 77.7 Å². The number of anilines is 2. The molecule has 2 aromatic heterocycles. The first-order chi connectivity index (χ1) is 18.7. The second kappa shape index (κ2) is 15.6. The Balaban J connectivity index is 0.00000220. The lowest BCUT2D eigenvalue weighted by Gasteiger charge is -2.24. The fraction of sp³-hybridized carbons (Fsp3) is 0.321. The van der Waals surface area contributed by atoms with Crippen molar-refractivity contribution in [3.63, 3.8) is 0 Å². The topological polar surface area (TPSA) is 99.5 Å². The molecule has 2 aromatic carbocycles. The molecule has 4 aromatic rings. The summed E-state index contributed by atoms with van der Waals surface area (Å²) in [5.41, 5.74) is 3.00. The van der Waals surface area contributed by atoms with Crippen LogP contribution in [0.5, 0.6) is 5.75 Å². The van der Waals surface area contributed by atoms with Gasteiger partial charge in [-0.2, -0.15) is 0 Å². The van der Waals surface area contributed by atoms with Crippen LogP contribution in [0, 0.1) is 0 Å². The van der Waals surface area contributed by atoms with E-state index in [1.54, 1.807) is 24.3 Å². The molecule has 0 amide bonds. The van der Waals surface area contributed by atoms with Gasteiger partial charge in [0, 0.05) is 18.4 Å². The molecule has 1 aliphatic rings. The third-order valence-electron chi connectivity index (χ3n) is 6.27. The Kier molecular flexibility index (Phi) is 12.3. The zero-order chi connectivity index (χ0) is 26.2. The highest BCUT2D eigenvalue weighted by Gasteiger charge is 2.17. The first-order valence-corrected chi connectivity index (χ1v) is 13.1. The zero-order valence-electron chi connectivity index (χ0n) is 21.8. The number of benzene rings is 2. The standard InChI is InChI=1S/C28H30ClN5O4.2ClH/c29-23-18-21(6-7-25(23)38-22-8-11-30-12-9-22)33-27-26-24(31-19-32-27)10-13-34(26)14-15-36-16-17-37-28(35)20-4-2-1-3-5-20;;/h1-7,10,13,18-19,22,30H,8-9,11-12,14-17H2,(H,31,32,33);2*1H. The number of aromatic nitrogens is 3. The predicted octanol–water partition coefficient (Wildman–Crippen LogP) is 5.68. The summed E-state index contributed by atoms with van der Waals surface area (Å²) in [6, 6.07) is 16.5. The fourth-order valence-corrected chi connectivity index (χ4v) is 4.56.